The molecule has 1 aromatic carbocycles. The van der Waals surface area contributed by atoms with E-state index < -0.39 is 0 Å². The molecule has 0 saturated carbocycles. The molecular weight excluding hydrogens is 348 g/mol. The van der Waals surface area contributed by atoms with Crippen LogP contribution >= 0.6 is 11.8 Å². The van der Waals surface area contributed by atoms with Crippen molar-refractivity contribution in [2.45, 2.75) is 13.5 Å². The second kappa shape index (κ2) is 11.3. The summed E-state index contributed by atoms with van der Waals surface area (Å²) in [4.78, 5) is 8.49. The van der Waals surface area contributed by atoms with E-state index in [0.29, 0.717) is 19.0 Å². The van der Waals surface area contributed by atoms with Crippen LogP contribution in [0.2, 0.25) is 0 Å². The van der Waals surface area contributed by atoms with Crippen LogP contribution in [-0.2, 0) is 6.54 Å². The van der Waals surface area contributed by atoms with Crippen LogP contribution in [-0.4, -0.2) is 43.2 Å². The molecule has 0 fully saturated rings. The van der Waals surface area contributed by atoms with Crippen molar-refractivity contribution in [1.82, 2.24) is 15.6 Å². The third-order valence-corrected chi connectivity index (χ3v) is 4.05. The van der Waals surface area contributed by atoms with E-state index in [1.54, 1.807) is 25.0 Å². The number of aliphatic imine (C=N–C) groups is 1. The summed E-state index contributed by atoms with van der Waals surface area (Å²) in [5.41, 5.74) is 1.06. The second-order valence-corrected chi connectivity index (χ2v) is 6.34. The molecule has 2 N–H and O–H groups in total. The highest BCUT2D eigenvalue weighted by atomic mass is 32.2. The third-order valence-electron chi connectivity index (χ3n) is 3.44. The van der Waals surface area contributed by atoms with Gasteiger partial charge in [0.15, 0.2) is 5.96 Å². The van der Waals surface area contributed by atoms with Gasteiger partial charge in [0.05, 0.1) is 6.61 Å². The maximum Gasteiger partial charge on any atom is 0.219 e. The number of hydrogen-bond acceptors (Lipinski definition) is 5. The summed E-state index contributed by atoms with van der Waals surface area (Å²) in [6.07, 6.45) is 3.82. The lowest BCUT2D eigenvalue weighted by Gasteiger charge is -2.12. The fourth-order valence-electron chi connectivity index (χ4n) is 2.19. The number of ether oxygens (including phenoxy) is 2. The standard InChI is InChI=1S/C19H26N4O2S/c1-4-24-16-5-7-17(8-6-16)25-18-13-15(9-10-21-18)14-23-19(20-2)22-11-12-26-3/h5-10,13H,4,11-12,14H2,1-3H3,(H2,20,22,23). The van der Waals surface area contributed by atoms with E-state index in [4.69, 9.17) is 9.47 Å². The molecule has 1 aromatic heterocycles. The van der Waals surface area contributed by atoms with Crippen molar-refractivity contribution >= 4 is 17.7 Å². The molecule has 0 bridgehead atoms. The van der Waals surface area contributed by atoms with Crippen LogP contribution in [0.4, 0.5) is 0 Å². The number of nitrogens with zero attached hydrogens (tertiary/aromatic N) is 2. The predicted molar refractivity (Wildman–Crippen MR) is 109 cm³/mol. The number of rotatable bonds is 9. The van der Waals surface area contributed by atoms with Crippen molar-refractivity contribution < 1.29 is 9.47 Å². The fourth-order valence-corrected chi connectivity index (χ4v) is 2.49. The molecule has 0 aliphatic carbocycles. The lowest BCUT2D eigenvalue weighted by atomic mass is 10.2. The predicted octanol–water partition coefficient (Wildman–Crippen LogP) is 3.30. The summed E-state index contributed by atoms with van der Waals surface area (Å²) in [6.45, 7) is 4.12. The van der Waals surface area contributed by atoms with E-state index in [2.05, 4.69) is 26.9 Å². The second-order valence-electron chi connectivity index (χ2n) is 5.35. The van der Waals surface area contributed by atoms with Crippen molar-refractivity contribution in [3.63, 3.8) is 0 Å². The Morgan fingerprint density at radius 2 is 1.92 bits per heavy atom. The number of aromatic nitrogens is 1. The van der Waals surface area contributed by atoms with Gasteiger partial charge in [-0.3, -0.25) is 4.99 Å². The molecule has 2 rings (SSSR count). The first-order valence-corrected chi connectivity index (χ1v) is 9.93. The Labute approximate surface area is 159 Å². The van der Waals surface area contributed by atoms with Gasteiger partial charge in [0.1, 0.15) is 11.5 Å². The van der Waals surface area contributed by atoms with E-state index in [-0.39, 0.29) is 0 Å². The van der Waals surface area contributed by atoms with Crippen molar-refractivity contribution in [1.29, 1.82) is 0 Å². The van der Waals surface area contributed by atoms with Crippen LogP contribution in [0, 0.1) is 0 Å². The molecule has 26 heavy (non-hydrogen) atoms. The van der Waals surface area contributed by atoms with Gasteiger partial charge in [-0.2, -0.15) is 11.8 Å². The van der Waals surface area contributed by atoms with Gasteiger partial charge >= 0.3 is 0 Å². The lowest BCUT2D eigenvalue weighted by molar-refractivity contribution is 0.339. The minimum absolute atomic E-state index is 0.554. The molecule has 0 aliphatic heterocycles. The van der Waals surface area contributed by atoms with E-state index in [0.717, 1.165) is 35.3 Å². The van der Waals surface area contributed by atoms with Crippen molar-refractivity contribution in [3.05, 3.63) is 48.2 Å². The highest BCUT2D eigenvalue weighted by molar-refractivity contribution is 7.98. The molecule has 0 aliphatic rings. The van der Waals surface area contributed by atoms with Crippen LogP contribution in [0.1, 0.15) is 12.5 Å². The molecule has 0 radical (unpaired) electrons. The molecule has 0 saturated heterocycles. The topological polar surface area (TPSA) is 67.8 Å². The minimum Gasteiger partial charge on any atom is -0.494 e. The van der Waals surface area contributed by atoms with Gasteiger partial charge in [-0.1, -0.05) is 0 Å². The number of nitrogens with one attached hydrogen (secondary N) is 2. The Balaban J connectivity index is 1.90. The highest BCUT2D eigenvalue weighted by Gasteiger charge is 2.03. The van der Waals surface area contributed by atoms with Gasteiger partial charge in [-0.25, -0.2) is 4.98 Å². The zero-order valence-electron chi connectivity index (χ0n) is 15.5. The third kappa shape index (κ3) is 6.84. The molecular formula is C19H26N4O2S. The summed E-state index contributed by atoms with van der Waals surface area (Å²) in [7, 11) is 1.77. The van der Waals surface area contributed by atoms with Gasteiger partial charge in [-0.15, -0.1) is 0 Å². The van der Waals surface area contributed by atoms with Crippen LogP contribution < -0.4 is 20.1 Å². The van der Waals surface area contributed by atoms with Gasteiger partial charge in [0, 0.05) is 38.2 Å². The van der Waals surface area contributed by atoms with Gasteiger partial charge in [0.2, 0.25) is 5.88 Å². The SMILES string of the molecule is CCOc1ccc(Oc2cc(CNC(=NC)NCCSC)ccn2)cc1. The van der Waals surface area contributed by atoms with Gasteiger partial charge in [-0.05, 0) is 49.1 Å². The van der Waals surface area contributed by atoms with Crippen LogP contribution in [0.25, 0.3) is 0 Å². The van der Waals surface area contributed by atoms with Crippen LogP contribution in [0.15, 0.2) is 47.6 Å². The molecule has 6 nitrogen and oxygen atoms in total. The number of thioether (sulfide) groups is 1. The first-order chi connectivity index (χ1) is 12.7. The van der Waals surface area contributed by atoms with E-state index >= 15 is 0 Å². The van der Waals surface area contributed by atoms with Gasteiger partial charge in [0.25, 0.3) is 0 Å². The van der Waals surface area contributed by atoms with E-state index in [9.17, 15) is 0 Å². The molecule has 0 unspecified atom stereocenters. The largest absolute Gasteiger partial charge is 0.494 e. The maximum atomic E-state index is 5.82. The summed E-state index contributed by atoms with van der Waals surface area (Å²) in [6, 6.07) is 11.4. The normalized spacial score (nSPS) is 11.1. The molecule has 0 spiro atoms. The molecule has 1 heterocycles. The molecule has 7 heteroatoms. The quantitative estimate of drug-likeness (QED) is 0.399. The highest BCUT2D eigenvalue weighted by Crippen LogP contribution is 2.23. The molecule has 2 aromatic rings. The number of pyridine rings is 1. The zero-order chi connectivity index (χ0) is 18.6. The van der Waals surface area contributed by atoms with Crippen molar-refractivity contribution in [2.75, 3.05) is 32.2 Å². The summed E-state index contributed by atoms with van der Waals surface area (Å²) >= 11 is 1.80. The van der Waals surface area contributed by atoms with E-state index in [1.165, 1.54) is 0 Å². The van der Waals surface area contributed by atoms with Crippen molar-refractivity contribution in [2.24, 2.45) is 4.99 Å². The summed E-state index contributed by atoms with van der Waals surface area (Å²) in [5.74, 6) is 3.92. The Kier molecular flexibility index (Phi) is 8.62. The average molecular weight is 375 g/mol. The Morgan fingerprint density at radius 3 is 2.62 bits per heavy atom. The Hall–Kier alpha value is -2.41. The van der Waals surface area contributed by atoms with E-state index in [1.807, 2.05) is 43.3 Å². The zero-order valence-corrected chi connectivity index (χ0v) is 16.3. The Bertz CT molecular complexity index is 692. The van der Waals surface area contributed by atoms with Crippen LogP contribution in [0.5, 0.6) is 17.4 Å². The minimum atomic E-state index is 0.554. The summed E-state index contributed by atoms with van der Waals surface area (Å²) in [5, 5.41) is 6.56. The number of guanidine groups is 1. The maximum absolute atomic E-state index is 5.82. The fraction of sp³-hybridized carbons (Fsp3) is 0.368. The number of hydrogen-bond donors (Lipinski definition) is 2. The summed E-state index contributed by atoms with van der Waals surface area (Å²) < 4.78 is 11.3. The Morgan fingerprint density at radius 1 is 1.15 bits per heavy atom. The first kappa shape index (κ1) is 19.9. The van der Waals surface area contributed by atoms with Crippen molar-refractivity contribution in [3.8, 4) is 17.4 Å². The average Bonchev–Trinajstić information content (AvgIpc) is 2.67. The van der Waals surface area contributed by atoms with Gasteiger partial charge < -0.3 is 20.1 Å². The molecule has 140 valence electrons. The molecule has 0 atom stereocenters. The lowest BCUT2D eigenvalue weighted by Crippen LogP contribution is -2.37. The monoisotopic (exact) mass is 374 g/mol. The smallest absolute Gasteiger partial charge is 0.219 e. The van der Waals surface area contributed by atoms with Crippen LogP contribution in [0.3, 0.4) is 0 Å². The number of benzene rings is 1. The first-order valence-electron chi connectivity index (χ1n) is 8.54. The molecule has 0 amide bonds.